The van der Waals surface area contributed by atoms with E-state index in [9.17, 15) is 4.79 Å². The lowest BCUT2D eigenvalue weighted by atomic mass is 9.86. The highest BCUT2D eigenvalue weighted by atomic mass is 16.5. The number of hydrogen-bond acceptors (Lipinski definition) is 3. The van der Waals surface area contributed by atoms with Crippen LogP contribution in [0.5, 0.6) is 0 Å². The molecule has 0 spiro atoms. The van der Waals surface area contributed by atoms with Crippen LogP contribution in [-0.2, 0) is 5.41 Å². The summed E-state index contributed by atoms with van der Waals surface area (Å²) < 4.78 is 4.62. The van der Waals surface area contributed by atoms with E-state index in [1.165, 1.54) is 96.3 Å². The Morgan fingerprint density at radius 3 is 1.58 bits per heavy atom. The summed E-state index contributed by atoms with van der Waals surface area (Å²) >= 11 is 0. The van der Waals surface area contributed by atoms with E-state index < -0.39 is 5.76 Å². The van der Waals surface area contributed by atoms with Crippen LogP contribution >= 0.6 is 0 Å². The van der Waals surface area contributed by atoms with Crippen molar-refractivity contribution >= 4 is 0 Å². The summed E-state index contributed by atoms with van der Waals surface area (Å²) in [5.74, 6) is 0.220. The highest BCUT2D eigenvalue weighted by molar-refractivity contribution is 4.99. The summed E-state index contributed by atoms with van der Waals surface area (Å²) in [5, 5.41) is 3.83. The molecule has 0 aliphatic rings. The fourth-order valence-electron chi connectivity index (χ4n) is 3.58. The van der Waals surface area contributed by atoms with Gasteiger partial charge >= 0.3 is 5.76 Å². The number of nitrogens with one attached hydrogen (secondary N) is 1. The molecule has 0 aromatic carbocycles. The maximum absolute atomic E-state index is 11.1. The van der Waals surface area contributed by atoms with Crippen molar-refractivity contribution in [3.05, 3.63) is 16.4 Å². The van der Waals surface area contributed by atoms with E-state index in [0.717, 1.165) is 6.42 Å². The number of unbranched alkanes of at least 4 members (excludes halogenated alkanes) is 14. The molecule has 0 aliphatic heterocycles. The summed E-state index contributed by atoms with van der Waals surface area (Å²) in [6.07, 6.45) is 21.8. The molecule has 1 N–H and O–H groups in total. The normalized spacial score (nSPS) is 12.0. The van der Waals surface area contributed by atoms with Crippen molar-refractivity contribution in [2.45, 2.75) is 129 Å². The van der Waals surface area contributed by atoms with Crippen molar-refractivity contribution < 1.29 is 4.52 Å². The van der Waals surface area contributed by atoms with Gasteiger partial charge in [-0.05, 0) is 6.42 Å². The Kier molecular flexibility index (Phi) is 12.4. The van der Waals surface area contributed by atoms with Crippen LogP contribution < -0.4 is 5.76 Å². The predicted molar refractivity (Wildman–Crippen MR) is 110 cm³/mol. The van der Waals surface area contributed by atoms with Gasteiger partial charge < -0.3 is 0 Å². The van der Waals surface area contributed by atoms with Crippen LogP contribution in [0.4, 0.5) is 0 Å². The van der Waals surface area contributed by atoms with Gasteiger partial charge in [0, 0.05) is 5.41 Å². The van der Waals surface area contributed by atoms with Crippen LogP contribution in [0.1, 0.15) is 129 Å². The van der Waals surface area contributed by atoms with Crippen LogP contribution in [-0.4, -0.2) is 10.1 Å². The second-order valence-electron chi connectivity index (χ2n) is 8.53. The Morgan fingerprint density at radius 2 is 1.19 bits per heavy atom. The zero-order valence-electron chi connectivity index (χ0n) is 17.6. The lowest BCUT2D eigenvalue weighted by molar-refractivity contribution is 0.353. The minimum Gasteiger partial charge on any atom is -0.296 e. The lowest BCUT2D eigenvalue weighted by Crippen LogP contribution is -2.20. The third-order valence-corrected chi connectivity index (χ3v) is 5.49. The number of aromatic nitrogens is 2. The van der Waals surface area contributed by atoms with Crippen LogP contribution in [0.15, 0.2) is 9.32 Å². The molecule has 1 rings (SSSR count). The summed E-state index contributed by atoms with van der Waals surface area (Å²) in [6, 6.07) is 0. The third kappa shape index (κ3) is 10.8. The first-order valence-corrected chi connectivity index (χ1v) is 11.1. The van der Waals surface area contributed by atoms with Crippen molar-refractivity contribution in [2.24, 2.45) is 0 Å². The molecule has 0 aliphatic carbocycles. The van der Waals surface area contributed by atoms with Gasteiger partial charge in [-0.25, -0.2) is 4.79 Å². The standard InChI is InChI=1S/C22H42N2O2/c1-4-5-6-7-8-9-10-11-12-13-14-15-16-17-18-19-22(2,3)20-23-21(25)26-24-20/h4-19H2,1-3H3,(H,23,24,25). The monoisotopic (exact) mass is 366 g/mol. The molecule has 152 valence electrons. The second-order valence-corrected chi connectivity index (χ2v) is 8.53. The fourth-order valence-corrected chi connectivity index (χ4v) is 3.58. The molecule has 0 bridgehead atoms. The summed E-state index contributed by atoms with van der Waals surface area (Å²) in [7, 11) is 0. The van der Waals surface area contributed by atoms with Crippen LogP contribution in [0.25, 0.3) is 0 Å². The molecule has 4 heteroatoms. The molecule has 4 nitrogen and oxygen atoms in total. The highest BCUT2D eigenvalue weighted by Gasteiger charge is 2.24. The summed E-state index contributed by atoms with van der Waals surface area (Å²) in [4.78, 5) is 13.8. The van der Waals surface area contributed by atoms with E-state index >= 15 is 0 Å². The van der Waals surface area contributed by atoms with E-state index in [1.807, 2.05) is 0 Å². The van der Waals surface area contributed by atoms with Gasteiger partial charge in [-0.15, -0.1) is 0 Å². The Hall–Kier alpha value is -1.06. The maximum Gasteiger partial charge on any atom is 0.438 e. The number of aromatic amines is 1. The predicted octanol–water partition coefficient (Wildman–Crippen LogP) is 6.90. The number of rotatable bonds is 17. The SMILES string of the molecule is CCCCCCCCCCCCCCCCCC(C)(C)c1noc(=O)[nH]1. The maximum atomic E-state index is 11.1. The summed E-state index contributed by atoms with van der Waals surface area (Å²) in [6.45, 7) is 6.51. The topological polar surface area (TPSA) is 58.9 Å². The van der Waals surface area contributed by atoms with Gasteiger partial charge in [0.2, 0.25) is 0 Å². The Balaban J connectivity index is 1.86. The van der Waals surface area contributed by atoms with Gasteiger partial charge in [-0.1, -0.05) is 122 Å². The minimum absolute atomic E-state index is 0.108. The summed E-state index contributed by atoms with van der Waals surface area (Å²) in [5.41, 5.74) is -0.108. The van der Waals surface area contributed by atoms with Gasteiger partial charge in [-0.2, -0.15) is 0 Å². The highest BCUT2D eigenvalue weighted by Crippen LogP contribution is 2.26. The van der Waals surface area contributed by atoms with E-state index in [2.05, 4.69) is 35.4 Å². The molecule has 26 heavy (non-hydrogen) atoms. The molecule has 0 amide bonds. The molecular formula is C22H42N2O2. The van der Waals surface area contributed by atoms with Gasteiger partial charge in [0.25, 0.3) is 0 Å². The Morgan fingerprint density at radius 1 is 0.769 bits per heavy atom. The molecule has 0 fully saturated rings. The average Bonchev–Trinajstić information content (AvgIpc) is 3.06. The van der Waals surface area contributed by atoms with Crippen molar-refractivity contribution in [3.63, 3.8) is 0 Å². The second kappa shape index (κ2) is 14.1. The number of H-pyrrole nitrogens is 1. The molecule has 1 aromatic heterocycles. The first kappa shape index (κ1) is 23.0. The molecule has 0 saturated carbocycles. The zero-order chi connectivity index (χ0) is 19.1. The minimum atomic E-state index is -0.454. The van der Waals surface area contributed by atoms with E-state index in [0.29, 0.717) is 5.82 Å². The van der Waals surface area contributed by atoms with E-state index in [4.69, 9.17) is 0 Å². The van der Waals surface area contributed by atoms with Crippen molar-refractivity contribution in [2.75, 3.05) is 0 Å². The van der Waals surface area contributed by atoms with E-state index in [-0.39, 0.29) is 5.41 Å². The van der Waals surface area contributed by atoms with Crippen LogP contribution in [0, 0.1) is 0 Å². The van der Waals surface area contributed by atoms with Gasteiger partial charge in [0.1, 0.15) is 0 Å². The lowest BCUT2D eigenvalue weighted by Gasteiger charge is -2.20. The van der Waals surface area contributed by atoms with Crippen molar-refractivity contribution in [1.29, 1.82) is 0 Å². The molecular weight excluding hydrogens is 324 g/mol. The number of nitrogens with zero attached hydrogens (tertiary/aromatic N) is 1. The third-order valence-electron chi connectivity index (χ3n) is 5.49. The Labute approximate surface area is 160 Å². The van der Waals surface area contributed by atoms with Crippen LogP contribution in [0.2, 0.25) is 0 Å². The first-order chi connectivity index (χ1) is 12.6. The van der Waals surface area contributed by atoms with Gasteiger partial charge in [0.15, 0.2) is 5.82 Å². The zero-order valence-corrected chi connectivity index (χ0v) is 17.6. The number of hydrogen-bond donors (Lipinski definition) is 1. The van der Waals surface area contributed by atoms with Gasteiger partial charge in [-0.3, -0.25) is 9.51 Å². The molecule has 1 aromatic rings. The Bertz CT molecular complexity index is 490. The largest absolute Gasteiger partial charge is 0.438 e. The molecule has 0 saturated heterocycles. The molecule has 1 heterocycles. The van der Waals surface area contributed by atoms with Crippen molar-refractivity contribution in [3.8, 4) is 0 Å². The van der Waals surface area contributed by atoms with Crippen LogP contribution in [0.3, 0.4) is 0 Å². The first-order valence-electron chi connectivity index (χ1n) is 11.1. The average molecular weight is 367 g/mol. The fraction of sp³-hybridized carbons (Fsp3) is 0.909. The molecule has 0 unspecified atom stereocenters. The van der Waals surface area contributed by atoms with E-state index in [1.54, 1.807) is 0 Å². The smallest absolute Gasteiger partial charge is 0.296 e. The van der Waals surface area contributed by atoms with Crippen molar-refractivity contribution in [1.82, 2.24) is 10.1 Å². The molecule has 0 radical (unpaired) electrons. The quantitative estimate of drug-likeness (QED) is 0.305. The molecule has 0 atom stereocenters. The van der Waals surface area contributed by atoms with Gasteiger partial charge in [0.05, 0.1) is 0 Å².